The van der Waals surface area contributed by atoms with Gasteiger partial charge in [-0.15, -0.1) is 0 Å². The third-order valence-corrected chi connectivity index (χ3v) is 9.42. The Morgan fingerprint density at radius 3 is 1.29 bits per heavy atom. The largest absolute Gasteiger partial charge is 0.790 e. The fourth-order valence-corrected chi connectivity index (χ4v) is 6.90. The topological polar surface area (TPSA) is 135 Å². The lowest BCUT2D eigenvalue weighted by Crippen LogP contribution is -2.79. The van der Waals surface area contributed by atoms with Crippen molar-refractivity contribution < 1.29 is 39.4 Å². The van der Waals surface area contributed by atoms with Crippen molar-refractivity contribution in [2.75, 3.05) is 40.4 Å². The lowest BCUT2D eigenvalue weighted by molar-refractivity contribution is -0.627. The molecule has 4 aromatic carbocycles. The maximum atomic E-state index is 8.66. The number of para-hydroxylation sites is 2. The maximum Gasteiger partial charge on any atom is 0.122 e. The molecule has 0 radical (unpaired) electrons. The second kappa shape index (κ2) is 26.4. The van der Waals surface area contributed by atoms with Gasteiger partial charge in [-0.25, -0.2) is 0 Å². The number of rotatable bonds is 20. The fourth-order valence-electron chi connectivity index (χ4n) is 6.90. The van der Waals surface area contributed by atoms with Gasteiger partial charge in [0.25, 0.3) is 0 Å². The molecule has 0 saturated heterocycles. The Kier molecular flexibility index (Phi) is 22.9. The first-order valence-corrected chi connectivity index (χ1v) is 21.8. The van der Waals surface area contributed by atoms with Crippen molar-refractivity contribution in [1.29, 1.82) is 0 Å². The minimum Gasteiger partial charge on any atom is -0.790 e. The number of ether oxygens (including phenoxy) is 2. The van der Waals surface area contributed by atoms with Crippen LogP contribution in [0.4, 0.5) is 0 Å². The molecule has 0 heterocycles. The molecular weight excluding hydrogens is 707 g/mol. The highest BCUT2D eigenvalue weighted by Gasteiger charge is 2.19. The molecule has 4 aromatic rings. The quantitative estimate of drug-likeness (QED) is 0.0901. The molecule has 2 unspecified atom stereocenters. The highest BCUT2D eigenvalue weighted by atomic mass is 31.2. The molecule has 0 amide bonds. The summed E-state index contributed by atoms with van der Waals surface area (Å²) in [5.74, 6) is 3.12. The van der Waals surface area contributed by atoms with Gasteiger partial charge in [-0.05, 0) is 110 Å². The van der Waals surface area contributed by atoms with E-state index >= 15 is 0 Å². The van der Waals surface area contributed by atoms with Crippen molar-refractivity contribution >= 4 is 7.82 Å². The van der Waals surface area contributed by atoms with Crippen molar-refractivity contribution in [1.82, 2.24) is 0 Å². The summed E-state index contributed by atoms with van der Waals surface area (Å²) in [6.45, 7) is 17.0. The van der Waals surface area contributed by atoms with E-state index in [0.717, 1.165) is 76.3 Å². The molecule has 0 saturated carbocycles. The number of nitrogens with two attached hydrogens (primary N) is 2. The molecule has 0 aromatic heterocycles. The average molecular weight is 777 g/mol. The molecule has 5 N–H and O–H groups in total. The van der Waals surface area contributed by atoms with Crippen LogP contribution in [0.1, 0.15) is 110 Å². The van der Waals surface area contributed by atoms with Crippen LogP contribution in [-0.4, -0.2) is 45.3 Å². The van der Waals surface area contributed by atoms with Gasteiger partial charge in [0.05, 0.1) is 48.2 Å². The maximum absolute atomic E-state index is 8.66. The van der Waals surface area contributed by atoms with Gasteiger partial charge >= 0.3 is 0 Å². The van der Waals surface area contributed by atoms with Gasteiger partial charge in [-0.3, -0.25) is 0 Å². The zero-order valence-electron chi connectivity index (χ0n) is 34.8. The molecule has 0 spiro atoms. The van der Waals surface area contributed by atoms with Crippen molar-refractivity contribution in [2.24, 2.45) is 0 Å². The SMILES string of the molecule is CCCOc1ccccc1C(CC[NH2+]C)Cc1cc(C)cc(CC)c1.CCCOc1ccccc1C(CC[NH2+]C)Cc1cc(C)cc(CC)c1.O=P([O-])([O-])O. The van der Waals surface area contributed by atoms with Gasteiger partial charge in [0, 0.05) is 12.8 Å². The lowest BCUT2D eigenvalue weighted by Gasteiger charge is -2.21. The lowest BCUT2D eigenvalue weighted by atomic mass is 9.87. The molecule has 0 bridgehead atoms. The van der Waals surface area contributed by atoms with Crippen LogP contribution in [-0.2, 0) is 30.2 Å². The van der Waals surface area contributed by atoms with Gasteiger partial charge in [-0.1, -0.05) is 112 Å². The van der Waals surface area contributed by atoms with Crippen molar-refractivity contribution in [3.05, 3.63) is 129 Å². The number of benzene rings is 4. The molecule has 304 valence electrons. The highest BCUT2D eigenvalue weighted by Crippen LogP contribution is 2.33. The monoisotopic (exact) mass is 776 g/mol. The predicted molar refractivity (Wildman–Crippen MR) is 223 cm³/mol. The number of phosphoric acid groups is 1. The van der Waals surface area contributed by atoms with Crippen LogP contribution < -0.4 is 29.9 Å². The van der Waals surface area contributed by atoms with Crippen LogP contribution in [0.3, 0.4) is 0 Å². The molecule has 4 rings (SSSR count). The number of hydrogen-bond acceptors (Lipinski definition) is 5. The first kappa shape index (κ1) is 47.7. The van der Waals surface area contributed by atoms with E-state index in [0.29, 0.717) is 11.8 Å². The van der Waals surface area contributed by atoms with Crippen LogP contribution in [0.5, 0.6) is 11.5 Å². The summed E-state index contributed by atoms with van der Waals surface area (Å²) < 4.78 is 20.7. The van der Waals surface area contributed by atoms with E-state index < -0.39 is 7.82 Å². The molecule has 2 atom stereocenters. The van der Waals surface area contributed by atoms with E-state index in [1.165, 1.54) is 57.3 Å². The summed E-state index contributed by atoms with van der Waals surface area (Å²) in [6, 6.07) is 31.3. The second-order valence-corrected chi connectivity index (χ2v) is 15.3. The van der Waals surface area contributed by atoms with Crippen LogP contribution in [0, 0.1) is 13.8 Å². The third kappa shape index (κ3) is 19.3. The summed E-state index contributed by atoms with van der Waals surface area (Å²) in [5, 5.41) is 4.55. The van der Waals surface area contributed by atoms with Gasteiger partial charge in [-0.2, -0.15) is 0 Å². The number of quaternary nitrogens is 2. The van der Waals surface area contributed by atoms with E-state index in [4.69, 9.17) is 28.7 Å². The molecule has 55 heavy (non-hydrogen) atoms. The predicted octanol–water partition coefficient (Wildman–Crippen LogP) is 6.32. The standard InChI is InChI=1S/2C23H33NO.H3O4P/c2*1-5-13-25-23-10-8-7-9-22(23)21(11-12-24-4)17-20-15-18(3)14-19(6-2)16-20;1-5(2,3)4/h2*7-10,14-16,21,24H,5-6,11-13,17H2,1-4H3;(H3,1,2,3,4). The van der Waals surface area contributed by atoms with Crippen molar-refractivity contribution in [3.63, 3.8) is 0 Å². The molecule has 8 nitrogen and oxygen atoms in total. The Labute approximate surface area is 332 Å². The minimum atomic E-state index is -5.14. The van der Waals surface area contributed by atoms with E-state index in [1.807, 2.05) is 0 Å². The second-order valence-electron chi connectivity index (χ2n) is 14.4. The van der Waals surface area contributed by atoms with E-state index in [-0.39, 0.29) is 0 Å². The minimum absolute atomic E-state index is 0.496. The summed E-state index contributed by atoms with van der Waals surface area (Å²) in [6.07, 6.45) is 8.76. The Hall–Kier alpha value is -3.49. The number of hydrogen-bond donors (Lipinski definition) is 3. The van der Waals surface area contributed by atoms with Crippen LogP contribution in [0.25, 0.3) is 0 Å². The molecular formula is C46H69N2O6P. The number of aryl methyl sites for hydroxylation is 4. The highest BCUT2D eigenvalue weighted by molar-refractivity contribution is 7.42. The Bertz CT molecular complexity index is 1580. The van der Waals surface area contributed by atoms with Crippen LogP contribution >= 0.6 is 7.82 Å². The summed E-state index contributed by atoms with van der Waals surface area (Å²) in [7, 11) is -0.837. The van der Waals surface area contributed by atoms with Gasteiger partial charge in [0.2, 0.25) is 0 Å². The first-order chi connectivity index (χ1) is 26.3. The average Bonchev–Trinajstić information content (AvgIpc) is 3.15. The molecule has 0 aliphatic rings. The Morgan fingerprint density at radius 1 is 0.618 bits per heavy atom. The molecule has 0 aliphatic carbocycles. The zero-order chi connectivity index (χ0) is 40.6. The summed E-state index contributed by atoms with van der Waals surface area (Å²) in [5.41, 5.74) is 11.2. The Balaban J connectivity index is 0.000000338. The van der Waals surface area contributed by atoms with Gasteiger partial charge < -0.3 is 39.4 Å². The molecule has 9 heteroatoms. The summed E-state index contributed by atoms with van der Waals surface area (Å²) >= 11 is 0. The van der Waals surface area contributed by atoms with Crippen molar-refractivity contribution in [2.45, 2.75) is 105 Å². The molecule has 0 aliphatic heterocycles. The molecule has 0 fully saturated rings. The van der Waals surface area contributed by atoms with Gasteiger partial charge in [0.1, 0.15) is 11.5 Å². The normalized spacial score (nSPS) is 12.1. The van der Waals surface area contributed by atoms with Crippen LogP contribution in [0.15, 0.2) is 84.9 Å². The van der Waals surface area contributed by atoms with E-state index in [2.05, 4.69) is 151 Å². The Morgan fingerprint density at radius 2 is 0.964 bits per heavy atom. The zero-order valence-corrected chi connectivity index (χ0v) is 35.7. The smallest absolute Gasteiger partial charge is 0.122 e. The fraction of sp³-hybridized carbons (Fsp3) is 0.478. The third-order valence-electron chi connectivity index (χ3n) is 9.42. The van der Waals surface area contributed by atoms with Crippen molar-refractivity contribution in [3.8, 4) is 11.5 Å². The van der Waals surface area contributed by atoms with Gasteiger partial charge in [0.15, 0.2) is 0 Å². The first-order valence-electron chi connectivity index (χ1n) is 20.3. The summed E-state index contributed by atoms with van der Waals surface area (Å²) in [4.78, 5) is 24.3. The van der Waals surface area contributed by atoms with E-state index in [9.17, 15) is 0 Å². The van der Waals surface area contributed by atoms with Crippen LogP contribution in [0.2, 0.25) is 0 Å². The van der Waals surface area contributed by atoms with E-state index in [1.54, 1.807) is 0 Å².